The van der Waals surface area contributed by atoms with Crippen molar-refractivity contribution in [3.63, 3.8) is 0 Å². The van der Waals surface area contributed by atoms with E-state index in [-0.39, 0.29) is 12.1 Å². The number of hydrogen-bond acceptors (Lipinski definition) is 3. The summed E-state index contributed by atoms with van der Waals surface area (Å²) in [6.07, 6.45) is 6.37. The van der Waals surface area contributed by atoms with E-state index in [4.69, 9.17) is 10.5 Å². The van der Waals surface area contributed by atoms with Crippen molar-refractivity contribution in [2.24, 2.45) is 5.73 Å². The normalized spacial score (nSPS) is 27.5. The van der Waals surface area contributed by atoms with Crippen LogP contribution < -0.4 is 5.73 Å². The second-order valence-corrected chi connectivity index (χ2v) is 5.26. The van der Waals surface area contributed by atoms with Gasteiger partial charge >= 0.3 is 0 Å². The molecule has 0 spiro atoms. The van der Waals surface area contributed by atoms with E-state index in [0.29, 0.717) is 0 Å². The monoisotopic (exact) mass is 225 g/mol. The maximum atomic E-state index is 6.10. The molecule has 1 aliphatic rings. The van der Waals surface area contributed by atoms with Gasteiger partial charge in [0.1, 0.15) is 0 Å². The number of hydrogen-bond donors (Lipinski definition) is 1. The number of rotatable bonds is 3. The van der Waals surface area contributed by atoms with Crippen LogP contribution >= 0.6 is 11.3 Å². The molecule has 2 nitrogen and oxygen atoms in total. The standard InChI is InChI=1S/C12H19NOS/c13-11-6-2-1-3-7-12(11)14-9-10-5-4-8-15-10/h4-5,8,11-12H,1-3,6-7,9,13H2. The summed E-state index contributed by atoms with van der Waals surface area (Å²) < 4.78 is 5.90. The zero-order valence-electron chi connectivity index (χ0n) is 9.02. The molecule has 1 aromatic heterocycles. The van der Waals surface area contributed by atoms with Crippen LogP contribution in [0.1, 0.15) is 37.0 Å². The van der Waals surface area contributed by atoms with Crippen LogP contribution in [0.2, 0.25) is 0 Å². The quantitative estimate of drug-likeness (QED) is 0.803. The van der Waals surface area contributed by atoms with E-state index < -0.39 is 0 Å². The third kappa shape index (κ3) is 3.30. The first-order chi connectivity index (χ1) is 7.36. The Morgan fingerprint density at radius 2 is 2.20 bits per heavy atom. The molecule has 0 radical (unpaired) electrons. The highest BCUT2D eigenvalue weighted by Gasteiger charge is 2.20. The van der Waals surface area contributed by atoms with Gasteiger partial charge in [0.15, 0.2) is 0 Å². The Kier molecular flexibility index (Phi) is 4.18. The minimum atomic E-state index is 0.243. The predicted molar refractivity (Wildman–Crippen MR) is 64.0 cm³/mol. The van der Waals surface area contributed by atoms with Crippen LogP contribution in [0, 0.1) is 0 Å². The molecule has 2 unspecified atom stereocenters. The molecule has 0 aromatic carbocycles. The highest BCUT2D eigenvalue weighted by atomic mass is 32.1. The van der Waals surface area contributed by atoms with Crippen molar-refractivity contribution in [1.29, 1.82) is 0 Å². The maximum absolute atomic E-state index is 6.10. The first-order valence-corrected chi connectivity index (χ1v) is 6.64. The highest BCUT2D eigenvalue weighted by Crippen LogP contribution is 2.21. The van der Waals surface area contributed by atoms with E-state index in [1.165, 1.54) is 24.1 Å². The molecule has 2 N–H and O–H groups in total. The van der Waals surface area contributed by atoms with Crippen molar-refractivity contribution in [1.82, 2.24) is 0 Å². The average molecular weight is 225 g/mol. The van der Waals surface area contributed by atoms with Crippen LogP contribution in [0.15, 0.2) is 17.5 Å². The first kappa shape index (κ1) is 11.1. The van der Waals surface area contributed by atoms with Crippen LogP contribution in [-0.4, -0.2) is 12.1 Å². The highest BCUT2D eigenvalue weighted by molar-refractivity contribution is 7.09. The summed E-state index contributed by atoms with van der Waals surface area (Å²) in [5.74, 6) is 0. The summed E-state index contributed by atoms with van der Waals surface area (Å²) in [7, 11) is 0. The zero-order chi connectivity index (χ0) is 10.5. The van der Waals surface area contributed by atoms with Crippen molar-refractivity contribution in [2.45, 2.75) is 50.9 Å². The Bertz CT molecular complexity index is 273. The van der Waals surface area contributed by atoms with Gasteiger partial charge in [0, 0.05) is 10.9 Å². The molecule has 1 heterocycles. The van der Waals surface area contributed by atoms with Crippen LogP contribution in [0.25, 0.3) is 0 Å². The number of ether oxygens (including phenoxy) is 1. The largest absolute Gasteiger partial charge is 0.371 e. The maximum Gasteiger partial charge on any atom is 0.0813 e. The zero-order valence-corrected chi connectivity index (χ0v) is 9.84. The topological polar surface area (TPSA) is 35.2 Å². The van der Waals surface area contributed by atoms with Crippen LogP contribution in [0.4, 0.5) is 0 Å². The Morgan fingerprint density at radius 3 is 3.00 bits per heavy atom. The van der Waals surface area contributed by atoms with Gasteiger partial charge in [-0.25, -0.2) is 0 Å². The summed E-state index contributed by atoms with van der Waals surface area (Å²) in [5, 5.41) is 2.09. The van der Waals surface area contributed by atoms with Gasteiger partial charge in [0.05, 0.1) is 12.7 Å². The summed E-state index contributed by atoms with van der Waals surface area (Å²) >= 11 is 1.75. The van der Waals surface area contributed by atoms with E-state index in [1.54, 1.807) is 11.3 Å². The van der Waals surface area contributed by atoms with Crippen molar-refractivity contribution in [2.75, 3.05) is 0 Å². The van der Waals surface area contributed by atoms with Gasteiger partial charge in [-0.15, -0.1) is 11.3 Å². The molecule has 84 valence electrons. The van der Waals surface area contributed by atoms with Gasteiger partial charge in [-0.3, -0.25) is 0 Å². The fourth-order valence-electron chi connectivity index (χ4n) is 2.09. The van der Waals surface area contributed by atoms with Crippen molar-refractivity contribution >= 4 is 11.3 Å². The molecule has 3 heteroatoms. The lowest BCUT2D eigenvalue weighted by Crippen LogP contribution is -2.35. The van der Waals surface area contributed by atoms with E-state index in [1.807, 2.05) is 0 Å². The van der Waals surface area contributed by atoms with Crippen LogP contribution in [-0.2, 0) is 11.3 Å². The first-order valence-electron chi connectivity index (χ1n) is 5.76. The molecule has 1 saturated carbocycles. The summed E-state index contributed by atoms with van der Waals surface area (Å²) in [4.78, 5) is 1.30. The predicted octanol–water partition coefficient (Wildman–Crippen LogP) is 2.92. The van der Waals surface area contributed by atoms with Gasteiger partial charge in [0.2, 0.25) is 0 Å². The van der Waals surface area contributed by atoms with Crippen molar-refractivity contribution in [3.8, 4) is 0 Å². The van der Waals surface area contributed by atoms with Gasteiger partial charge < -0.3 is 10.5 Å². The molecular formula is C12H19NOS. The van der Waals surface area contributed by atoms with Gasteiger partial charge in [0.25, 0.3) is 0 Å². The lowest BCUT2D eigenvalue weighted by Gasteiger charge is -2.21. The minimum absolute atomic E-state index is 0.243. The fraction of sp³-hybridized carbons (Fsp3) is 0.667. The minimum Gasteiger partial charge on any atom is -0.371 e. The molecule has 2 atom stereocenters. The molecule has 1 aliphatic carbocycles. The van der Waals surface area contributed by atoms with E-state index >= 15 is 0 Å². The summed E-state index contributed by atoms with van der Waals surface area (Å²) in [5.41, 5.74) is 6.10. The molecule has 0 bridgehead atoms. The fourth-order valence-corrected chi connectivity index (χ4v) is 2.72. The second kappa shape index (κ2) is 5.64. The third-order valence-electron chi connectivity index (χ3n) is 3.02. The Hall–Kier alpha value is -0.380. The Balaban J connectivity index is 1.81. The number of nitrogens with two attached hydrogens (primary N) is 1. The lowest BCUT2D eigenvalue weighted by molar-refractivity contribution is 0.0208. The summed E-state index contributed by atoms with van der Waals surface area (Å²) in [6.45, 7) is 0.732. The van der Waals surface area contributed by atoms with Crippen LogP contribution in [0.3, 0.4) is 0 Å². The van der Waals surface area contributed by atoms with Crippen molar-refractivity contribution in [3.05, 3.63) is 22.4 Å². The smallest absolute Gasteiger partial charge is 0.0813 e. The van der Waals surface area contributed by atoms with E-state index in [9.17, 15) is 0 Å². The lowest BCUT2D eigenvalue weighted by atomic mass is 10.1. The Labute approximate surface area is 95.4 Å². The van der Waals surface area contributed by atoms with Gasteiger partial charge in [-0.2, -0.15) is 0 Å². The molecule has 1 fully saturated rings. The van der Waals surface area contributed by atoms with Crippen molar-refractivity contribution < 1.29 is 4.74 Å². The van der Waals surface area contributed by atoms with Gasteiger partial charge in [-0.1, -0.05) is 25.3 Å². The molecular weight excluding hydrogens is 206 g/mol. The molecule has 1 aromatic rings. The van der Waals surface area contributed by atoms with Crippen LogP contribution in [0.5, 0.6) is 0 Å². The molecule has 15 heavy (non-hydrogen) atoms. The van der Waals surface area contributed by atoms with E-state index in [0.717, 1.165) is 19.4 Å². The van der Waals surface area contributed by atoms with E-state index in [2.05, 4.69) is 17.5 Å². The molecule has 2 rings (SSSR count). The third-order valence-corrected chi connectivity index (χ3v) is 3.87. The van der Waals surface area contributed by atoms with Gasteiger partial charge in [-0.05, 0) is 24.3 Å². The number of thiophene rings is 1. The molecule has 0 aliphatic heterocycles. The molecule has 0 saturated heterocycles. The average Bonchev–Trinajstić information content (AvgIpc) is 2.67. The Morgan fingerprint density at radius 1 is 1.33 bits per heavy atom. The SMILES string of the molecule is NC1CCCCCC1OCc1cccs1. The summed E-state index contributed by atoms with van der Waals surface area (Å²) in [6, 6.07) is 4.43. The molecule has 0 amide bonds. The second-order valence-electron chi connectivity index (χ2n) is 4.23.